The van der Waals surface area contributed by atoms with E-state index < -0.39 is 10.0 Å². The molecule has 2 atom stereocenters. The monoisotopic (exact) mass is 502 g/mol. The average Bonchev–Trinajstić information content (AvgIpc) is 2.50. The van der Waals surface area contributed by atoms with Crippen LogP contribution in [-0.4, -0.2) is 59.0 Å². The molecule has 0 spiro atoms. The van der Waals surface area contributed by atoms with Crippen LogP contribution >= 0.6 is 24.0 Å². The molecule has 7 nitrogen and oxygen atoms in total. The van der Waals surface area contributed by atoms with Crippen LogP contribution in [0.1, 0.15) is 46.5 Å². The fraction of sp³-hybridized carbons (Fsp3) is 0.941. The van der Waals surface area contributed by atoms with Gasteiger partial charge in [-0.1, -0.05) is 20.3 Å². The molecule has 2 aliphatic carbocycles. The fourth-order valence-corrected chi connectivity index (χ4v) is 4.41. The van der Waals surface area contributed by atoms with Crippen molar-refractivity contribution in [1.29, 1.82) is 0 Å². The summed E-state index contributed by atoms with van der Waals surface area (Å²) in [6.45, 7) is 7.34. The van der Waals surface area contributed by atoms with E-state index >= 15 is 0 Å². The van der Waals surface area contributed by atoms with E-state index in [2.05, 4.69) is 41.1 Å². The second-order valence-electron chi connectivity index (χ2n) is 8.02. The first-order chi connectivity index (χ1) is 11.6. The molecule has 26 heavy (non-hydrogen) atoms. The molecule has 0 saturated heterocycles. The minimum absolute atomic E-state index is 0. The Balaban J connectivity index is 0.00000338. The Kier molecular flexibility index (Phi) is 8.62. The van der Waals surface area contributed by atoms with E-state index in [9.17, 15) is 8.42 Å². The maximum Gasteiger partial charge on any atom is 0.213 e. The van der Waals surface area contributed by atoms with Crippen molar-refractivity contribution in [3.63, 3.8) is 0 Å². The maximum atomic E-state index is 12.0. The van der Waals surface area contributed by atoms with E-state index in [1.807, 2.05) is 0 Å². The first-order valence-corrected chi connectivity index (χ1v) is 10.8. The van der Waals surface area contributed by atoms with Gasteiger partial charge in [-0.15, -0.1) is 24.0 Å². The summed E-state index contributed by atoms with van der Waals surface area (Å²) in [6.07, 6.45) is 4.37. The normalized spacial score (nSPS) is 28.5. The molecule has 0 heterocycles. The second-order valence-corrected chi connectivity index (χ2v) is 9.95. The number of nitrogens with one attached hydrogen (secondary N) is 3. The fourth-order valence-electron chi connectivity index (χ4n) is 3.40. The Morgan fingerprint density at radius 1 is 1.27 bits per heavy atom. The van der Waals surface area contributed by atoms with E-state index in [0.717, 1.165) is 19.3 Å². The number of guanidine groups is 1. The van der Waals surface area contributed by atoms with Crippen molar-refractivity contribution in [2.75, 3.05) is 33.0 Å². The predicted octanol–water partition coefficient (Wildman–Crippen LogP) is 1.69. The lowest BCUT2D eigenvalue weighted by atomic mass is 9.56. The zero-order valence-corrected chi connectivity index (χ0v) is 19.7. The predicted molar refractivity (Wildman–Crippen MR) is 117 cm³/mol. The summed E-state index contributed by atoms with van der Waals surface area (Å²) < 4.78 is 32.4. The third-order valence-corrected chi connectivity index (χ3v) is 7.64. The third-order valence-electron chi connectivity index (χ3n) is 6.29. The van der Waals surface area contributed by atoms with Crippen molar-refractivity contribution >= 4 is 40.0 Å². The lowest BCUT2D eigenvalue weighted by Gasteiger charge is -2.59. The van der Waals surface area contributed by atoms with Gasteiger partial charge in [0.05, 0.1) is 11.4 Å². The van der Waals surface area contributed by atoms with E-state index in [0.29, 0.717) is 25.0 Å². The van der Waals surface area contributed by atoms with Crippen LogP contribution in [0.25, 0.3) is 0 Å². The first kappa shape index (κ1) is 23.9. The molecular formula is C17H35IN4O3S. The molecule has 3 N–H and O–H groups in total. The van der Waals surface area contributed by atoms with Gasteiger partial charge in [-0.2, -0.15) is 0 Å². The van der Waals surface area contributed by atoms with Crippen molar-refractivity contribution in [3.05, 3.63) is 0 Å². The summed E-state index contributed by atoms with van der Waals surface area (Å²) in [6, 6.07) is 0.233. The van der Waals surface area contributed by atoms with Crippen LogP contribution in [0.5, 0.6) is 0 Å². The van der Waals surface area contributed by atoms with Crippen molar-refractivity contribution in [2.45, 2.75) is 58.1 Å². The summed E-state index contributed by atoms with van der Waals surface area (Å²) in [5.41, 5.74) is -0.186. The highest BCUT2D eigenvalue weighted by Crippen LogP contribution is 2.51. The van der Waals surface area contributed by atoms with Crippen LogP contribution < -0.4 is 15.4 Å². The highest BCUT2D eigenvalue weighted by molar-refractivity contribution is 14.0. The van der Waals surface area contributed by atoms with Gasteiger partial charge >= 0.3 is 0 Å². The number of ether oxygens (including phenoxy) is 1. The van der Waals surface area contributed by atoms with Crippen LogP contribution in [0, 0.1) is 11.3 Å². The molecule has 2 rings (SSSR count). The molecule has 2 fully saturated rings. The molecule has 9 heteroatoms. The molecule has 0 aromatic rings. The summed E-state index contributed by atoms with van der Waals surface area (Å²) in [7, 11) is 0.199. The van der Waals surface area contributed by atoms with E-state index in [4.69, 9.17) is 4.74 Å². The zero-order valence-electron chi connectivity index (χ0n) is 16.6. The highest BCUT2D eigenvalue weighted by atomic mass is 127. The van der Waals surface area contributed by atoms with E-state index in [-0.39, 0.29) is 46.8 Å². The van der Waals surface area contributed by atoms with Gasteiger partial charge in [0, 0.05) is 38.7 Å². The summed E-state index contributed by atoms with van der Waals surface area (Å²) in [5, 5.41) is 6.48. The number of sulfonamides is 1. The van der Waals surface area contributed by atoms with Gasteiger partial charge in [0.15, 0.2) is 5.96 Å². The number of aliphatic imine (C=N–C) groups is 1. The van der Waals surface area contributed by atoms with Crippen LogP contribution in [-0.2, 0) is 14.8 Å². The SMILES string of the molecule is CN=C(NCCS(=O)(=O)NCC1CCC1)NC1CC(C)(OC)C1(C)C.I. The van der Waals surface area contributed by atoms with Gasteiger partial charge in [0.25, 0.3) is 0 Å². The molecule has 0 bridgehead atoms. The Morgan fingerprint density at radius 2 is 1.92 bits per heavy atom. The highest BCUT2D eigenvalue weighted by Gasteiger charge is 2.58. The van der Waals surface area contributed by atoms with Crippen molar-refractivity contribution in [2.24, 2.45) is 16.3 Å². The zero-order chi connectivity index (χ0) is 18.7. The lowest BCUT2D eigenvalue weighted by Crippen LogP contribution is -2.69. The summed E-state index contributed by atoms with van der Waals surface area (Å²) in [4.78, 5) is 4.20. The second kappa shape index (κ2) is 9.38. The minimum atomic E-state index is -3.24. The van der Waals surface area contributed by atoms with Crippen LogP contribution in [0.2, 0.25) is 0 Å². The molecule has 0 radical (unpaired) electrons. The van der Waals surface area contributed by atoms with Crippen LogP contribution in [0.15, 0.2) is 4.99 Å². The van der Waals surface area contributed by atoms with Crippen molar-refractivity contribution in [1.82, 2.24) is 15.4 Å². The van der Waals surface area contributed by atoms with Gasteiger partial charge in [0.1, 0.15) is 0 Å². The van der Waals surface area contributed by atoms with Gasteiger partial charge in [0.2, 0.25) is 10.0 Å². The Labute approximate surface area is 175 Å². The molecule has 154 valence electrons. The van der Waals surface area contributed by atoms with Crippen LogP contribution in [0.3, 0.4) is 0 Å². The molecule has 0 aromatic heterocycles. The Hall–Kier alpha value is -0.130. The Morgan fingerprint density at radius 3 is 2.38 bits per heavy atom. The van der Waals surface area contributed by atoms with Crippen LogP contribution in [0.4, 0.5) is 0 Å². The largest absolute Gasteiger partial charge is 0.378 e. The lowest BCUT2D eigenvalue weighted by molar-refractivity contribution is -0.176. The molecular weight excluding hydrogens is 467 g/mol. The van der Waals surface area contributed by atoms with Crippen molar-refractivity contribution in [3.8, 4) is 0 Å². The molecule has 2 saturated carbocycles. The number of rotatable bonds is 8. The summed E-state index contributed by atoms with van der Waals surface area (Å²) in [5.74, 6) is 1.20. The van der Waals surface area contributed by atoms with Gasteiger partial charge in [-0.25, -0.2) is 13.1 Å². The first-order valence-electron chi connectivity index (χ1n) is 9.13. The third kappa shape index (κ3) is 5.45. The molecule has 2 aliphatic rings. The smallest absolute Gasteiger partial charge is 0.213 e. The van der Waals surface area contributed by atoms with E-state index in [1.54, 1.807) is 14.2 Å². The molecule has 0 aliphatic heterocycles. The summed E-state index contributed by atoms with van der Waals surface area (Å²) >= 11 is 0. The standard InChI is InChI=1S/C17H34N4O3S.HI/c1-16(2)14(11-17(16,3)24-5)21-15(18-4)19-9-10-25(22,23)20-12-13-7-6-8-13;/h13-14,20H,6-12H2,1-5H3,(H2,18,19,21);1H. The van der Waals surface area contributed by atoms with E-state index in [1.165, 1.54) is 6.42 Å². The van der Waals surface area contributed by atoms with Crippen molar-refractivity contribution < 1.29 is 13.2 Å². The number of nitrogens with zero attached hydrogens (tertiary/aromatic N) is 1. The van der Waals surface area contributed by atoms with Gasteiger partial charge < -0.3 is 15.4 Å². The topological polar surface area (TPSA) is 91.8 Å². The van der Waals surface area contributed by atoms with Gasteiger partial charge in [-0.3, -0.25) is 4.99 Å². The molecule has 0 amide bonds. The average molecular weight is 502 g/mol. The molecule has 0 aromatic carbocycles. The number of halogens is 1. The Bertz CT molecular complexity index is 593. The minimum Gasteiger partial charge on any atom is -0.378 e. The number of hydrogen-bond donors (Lipinski definition) is 3. The quantitative estimate of drug-likeness (QED) is 0.267. The molecule has 2 unspecified atom stereocenters. The van der Waals surface area contributed by atoms with Gasteiger partial charge in [-0.05, 0) is 32.1 Å². The maximum absolute atomic E-state index is 12.0. The number of methoxy groups -OCH3 is 1. The number of hydrogen-bond acceptors (Lipinski definition) is 4.